The molecule has 0 saturated heterocycles. The highest BCUT2D eigenvalue weighted by Crippen LogP contribution is 2.17. The summed E-state index contributed by atoms with van der Waals surface area (Å²) >= 11 is 3.38. The molecule has 0 radical (unpaired) electrons. The van der Waals surface area contributed by atoms with Crippen LogP contribution < -0.4 is 5.32 Å². The van der Waals surface area contributed by atoms with E-state index in [-0.39, 0.29) is 0 Å². The lowest BCUT2D eigenvalue weighted by Crippen LogP contribution is -2.04. The molecule has 2 N–H and O–H groups in total. The summed E-state index contributed by atoms with van der Waals surface area (Å²) in [6, 6.07) is 0. The zero-order valence-corrected chi connectivity index (χ0v) is 11.3. The molecule has 6 nitrogen and oxygen atoms in total. The molecule has 0 aliphatic rings. The van der Waals surface area contributed by atoms with Crippen LogP contribution in [0.1, 0.15) is 11.3 Å². The average Bonchev–Trinajstić information content (AvgIpc) is 2.94. The van der Waals surface area contributed by atoms with Gasteiger partial charge in [-0.3, -0.25) is 5.10 Å². The standard InChI is InChI=1S/C11H11BrN6/c1-7-8(5-15-17-7)4-14-10-11-13-2-3-18(11)6-9(12)16-10/h2-3,5-6H,4H2,1H3,(H,14,16)(H,15,17). The third-order valence-electron chi connectivity index (χ3n) is 2.73. The number of hydrogen-bond acceptors (Lipinski definition) is 4. The Kier molecular flexibility index (Phi) is 2.75. The van der Waals surface area contributed by atoms with Crippen LogP contribution in [0, 0.1) is 6.92 Å². The number of hydrogen-bond donors (Lipinski definition) is 2. The number of fused-ring (bicyclic) bond motifs is 1. The minimum atomic E-state index is 0.661. The van der Waals surface area contributed by atoms with E-state index < -0.39 is 0 Å². The van der Waals surface area contributed by atoms with E-state index in [2.05, 4.69) is 41.4 Å². The van der Waals surface area contributed by atoms with Gasteiger partial charge in [0, 0.05) is 36.4 Å². The third-order valence-corrected chi connectivity index (χ3v) is 3.11. The molecule has 0 spiro atoms. The Morgan fingerprint density at radius 1 is 1.50 bits per heavy atom. The quantitative estimate of drug-likeness (QED) is 0.777. The lowest BCUT2D eigenvalue weighted by atomic mass is 10.2. The van der Waals surface area contributed by atoms with Crippen molar-refractivity contribution < 1.29 is 0 Å². The Hall–Kier alpha value is -1.89. The number of aryl methyl sites for hydroxylation is 1. The fourth-order valence-electron chi connectivity index (χ4n) is 1.75. The molecular weight excluding hydrogens is 296 g/mol. The van der Waals surface area contributed by atoms with E-state index in [1.54, 1.807) is 6.20 Å². The molecule has 3 aromatic rings. The van der Waals surface area contributed by atoms with E-state index >= 15 is 0 Å². The number of halogens is 1. The fraction of sp³-hybridized carbons (Fsp3) is 0.182. The van der Waals surface area contributed by atoms with Crippen LogP contribution in [0.5, 0.6) is 0 Å². The summed E-state index contributed by atoms with van der Waals surface area (Å²) in [5, 5.41) is 10.2. The summed E-state index contributed by atoms with van der Waals surface area (Å²) < 4.78 is 2.68. The zero-order valence-electron chi connectivity index (χ0n) is 9.68. The second kappa shape index (κ2) is 4.41. The summed E-state index contributed by atoms with van der Waals surface area (Å²) in [6.07, 6.45) is 7.31. The van der Waals surface area contributed by atoms with Crippen molar-refractivity contribution >= 4 is 27.4 Å². The van der Waals surface area contributed by atoms with Gasteiger partial charge in [0.1, 0.15) is 4.60 Å². The number of nitrogens with zero attached hydrogens (tertiary/aromatic N) is 4. The molecule has 7 heteroatoms. The first kappa shape index (κ1) is 11.2. The van der Waals surface area contributed by atoms with Gasteiger partial charge in [-0.25, -0.2) is 9.97 Å². The van der Waals surface area contributed by atoms with E-state index in [9.17, 15) is 0 Å². The van der Waals surface area contributed by atoms with Crippen molar-refractivity contribution in [3.8, 4) is 0 Å². The molecule has 0 unspecified atom stereocenters. The van der Waals surface area contributed by atoms with Crippen molar-refractivity contribution in [1.29, 1.82) is 0 Å². The first-order valence-corrected chi connectivity index (χ1v) is 6.25. The highest BCUT2D eigenvalue weighted by Gasteiger charge is 2.07. The van der Waals surface area contributed by atoms with Crippen molar-refractivity contribution in [3.05, 3.63) is 40.6 Å². The molecule has 0 amide bonds. The van der Waals surface area contributed by atoms with Gasteiger partial charge in [-0.2, -0.15) is 5.10 Å². The number of H-pyrrole nitrogens is 1. The van der Waals surface area contributed by atoms with Crippen molar-refractivity contribution in [2.75, 3.05) is 5.32 Å². The molecule has 3 rings (SSSR count). The number of aromatic amines is 1. The number of aromatic nitrogens is 5. The Bertz CT molecular complexity index is 686. The summed E-state index contributed by atoms with van der Waals surface area (Å²) in [5.41, 5.74) is 2.97. The topological polar surface area (TPSA) is 70.9 Å². The second-order valence-electron chi connectivity index (χ2n) is 3.94. The smallest absolute Gasteiger partial charge is 0.180 e. The van der Waals surface area contributed by atoms with Gasteiger partial charge in [-0.05, 0) is 22.9 Å². The lowest BCUT2D eigenvalue weighted by Gasteiger charge is -2.07. The summed E-state index contributed by atoms with van der Waals surface area (Å²) in [5.74, 6) is 0.745. The summed E-state index contributed by atoms with van der Waals surface area (Å²) in [6.45, 7) is 2.65. The average molecular weight is 307 g/mol. The maximum absolute atomic E-state index is 4.39. The van der Waals surface area contributed by atoms with Gasteiger partial charge in [0.2, 0.25) is 0 Å². The van der Waals surface area contributed by atoms with Crippen LogP contribution in [0.2, 0.25) is 0 Å². The molecule has 0 bridgehead atoms. The SMILES string of the molecule is Cc1[nH]ncc1CNc1nc(Br)cn2ccnc12. The molecule has 3 aromatic heterocycles. The van der Waals surface area contributed by atoms with Gasteiger partial charge in [0.15, 0.2) is 11.5 Å². The maximum atomic E-state index is 4.39. The normalized spacial score (nSPS) is 11.0. The number of nitrogens with one attached hydrogen (secondary N) is 2. The monoisotopic (exact) mass is 306 g/mol. The first-order chi connectivity index (χ1) is 8.74. The number of anilines is 1. The summed E-state index contributed by atoms with van der Waals surface area (Å²) in [4.78, 5) is 8.67. The van der Waals surface area contributed by atoms with Crippen LogP contribution in [-0.2, 0) is 6.54 Å². The molecule has 3 heterocycles. The second-order valence-corrected chi connectivity index (χ2v) is 4.76. The highest BCUT2D eigenvalue weighted by atomic mass is 79.9. The lowest BCUT2D eigenvalue weighted by molar-refractivity contribution is 1.03. The van der Waals surface area contributed by atoms with Crippen molar-refractivity contribution in [1.82, 2.24) is 24.6 Å². The molecule has 0 atom stereocenters. The van der Waals surface area contributed by atoms with Gasteiger partial charge in [0.05, 0.1) is 6.20 Å². The maximum Gasteiger partial charge on any atom is 0.180 e. The van der Waals surface area contributed by atoms with Crippen molar-refractivity contribution in [2.24, 2.45) is 0 Å². The highest BCUT2D eigenvalue weighted by molar-refractivity contribution is 9.10. The van der Waals surface area contributed by atoms with Gasteiger partial charge in [0.25, 0.3) is 0 Å². The van der Waals surface area contributed by atoms with Crippen molar-refractivity contribution in [2.45, 2.75) is 13.5 Å². The van der Waals surface area contributed by atoms with Gasteiger partial charge in [-0.1, -0.05) is 0 Å². The Morgan fingerprint density at radius 2 is 2.39 bits per heavy atom. The molecule has 0 aromatic carbocycles. The van der Waals surface area contributed by atoms with Crippen LogP contribution in [0.15, 0.2) is 29.4 Å². The number of rotatable bonds is 3. The number of imidazole rings is 1. The van der Waals surface area contributed by atoms with Crippen LogP contribution in [-0.4, -0.2) is 24.6 Å². The van der Waals surface area contributed by atoms with E-state index in [1.165, 1.54) is 0 Å². The third kappa shape index (κ3) is 1.97. The van der Waals surface area contributed by atoms with Crippen molar-refractivity contribution in [3.63, 3.8) is 0 Å². The minimum Gasteiger partial charge on any atom is -0.363 e. The molecule has 92 valence electrons. The predicted octanol–water partition coefficient (Wildman–Crippen LogP) is 2.14. The van der Waals surface area contributed by atoms with E-state index in [1.807, 2.05) is 29.9 Å². The fourth-order valence-corrected chi connectivity index (χ4v) is 2.15. The van der Waals surface area contributed by atoms with E-state index in [0.717, 1.165) is 27.3 Å². The molecular formula is C11H11BrN6. The van der Waals surface area contributed by atoms with Crippen LogP contribution in [0.4, 0.5) is 5.82 Å². The van der Waals surface area contributed by atoms with Crippen LogP contribution in [0.3, 0.4) is 0 Å². The predicted molar refractivity (Wildman–Crippen MR) is 71.3 cm³/mol. The van der Waals surface area contributed by atoms with Crippen LogP contribution >= 0.6 is 15.9 Å². The molecule has 0 aliphatic carbocycles. The van der Waals surface area contributed by atoms with E-state index in [4.69, 9.17) is 0 Å². The largest absolute Gasteiger partial charge is 0.363 e. The molecule has 18 heavy (non-hydrogen) atoms. The van der Waals surface area contributed by atoms with Gasteiger partial charge in [-0.15, -0.1) is 0 Å². The van der Waals surface area contributed by atoms with Crippen LogP contribution in [0.25, 0.3) is 5.65 Å². The van der Waals surface area contributed by atoms with Gasteiger partial charge >= 0.3 is 0 Å². The molecule has 0 fully saturated rings. The Labute approximate surface area is 112 Å². The molecule has 0 saturated carbocycles. The zero-order chi connectivity index (χ0) is 12.5. The first-order valence-electron chi connectivity index (χ1n) is 5.46. The summed E-state index contributed by atoms with van der Waals surface area (Å²) in [7, 11) is 0. The molecule has 0 aliphatic heterocycles. The van der Waals surface area contributed by atoms with E-state index in [0.29, 0.717) is 6.54 Å². The van der Waals surface area contributed by atoms with Gasteiger partial charge < -0.3 is 9.72 Å². The Morgan fingerprint density at radius 3 is 3.17 bits per heavy atom. The minimum absolute atomic E-state index is 0.661. The Balaban J connectivity index is 1.90.